The molecule has 0 saturated carbocycles. The molecule has 0 radical (unpaired) electrons. The van der Waals surface area contributed by atoms with Gasteiger partial charge >= 0.3 is 12.2 Å². The highest BCUT2D eigenvalue weighted by Gasteiger charge is 2.21. The highest BCUT2D eigenvalue weighted by atomic mass is 16.6. The summed E-state index contributed by atoms with van der Waals surface area (Å²) in [5, 5.41) is 7.21. The van der Waals surface area contributed by atoms with Crippen molar-refractivity contribution >= 4 is 34.3 Å². The third-order valence-electron chi connectivity index (χ3n) is 3.44. The molecule has 6 heteroatoms. The van der Waals surface area contributed by atoms with Gasteiger partial charge in [0.25, 0.3) is 0 Å². The third-order valence-corrected chi connectivity index (χ3v) is 3.44. The quantitative estimate of drug-likeness (QED) is 0.694. The lowest BCUT2D eigenvalue weighted by Crippen LogP contribution is -2.29. The summed E-state index contributed by atoms with van der Waals surface area (Å²) < 4.78 is 10.7. The van der Waals surface area contributed by atoms with Gasteiger partial charge in [-0.05, 0) is 59.9 Å². The van der Waals surface area contributed by atoms with Gasteiger partial charge in [0.2, 0.25) is 0 Å². The van der Waals surface area contributed by atoms with Gasteiger partial charge < -0.3 is 9.47 Å². The van der Waals surface area contributed by atoms with Crippen LogP contribution in [0, 0.1) is 6.92 Å². The zero-order chi connectivity index (χ0) is 20.4. The van der Waals surface area contributed by atoms with Crippen LogP contribution in [0.5, 0.6) is 0 Å². The van der Waals surface area contributed by atoms with Crippen LogP contribution in [0.3, 0.4) is 0 Å². The fraction of sp³-hybridized carbons (Fsp3) is 0.429. The number of hydrogen-bond donors (Lipinski definition) is 2. The van der Waals surface area contributed by atoms with Crippen LogP contribution in [0.25, 0.3) is 10.8 Å². The largest absolute Gasteiger partial charge is 0.444 e. The molecule has 2 N–H and O–H groups in total. The summed E-state index contributed by atoms with van der Waals surface area (Å²) in [6.07, 6.45) is -1.19. The molecule has 2 aromatic rings. The second kappa shape index (κ2) is 7.47. The van der Waals surface area contributed by atoms with Crippen molar-refractivity contribution in [3.05, 3.63) is 35.9 Å². The molecule has 0 unspecified atom stereocenters. The SMILES string of the molecule is Cc1ccc2c(NC(=O)OC(C)(C)C)c(NC(=O)OC(C)(C)C)ccc2c1. The molecule has 0 heterocycles. The van der Waals surface area contributed by atoms with Gasteiger partial charge in [-0.25, -0.2) is 9.59 Å². The number of benzene rings is 2. The lowest BCUT2D eigenvalue weighted by Gasteiger charge is -2.23. The summed E-state index contributed by atoms with van der Waals surface area (Å²) in [7, 11) is 0. The first-order chi connectivity index (χ1) is 12.3. The van der Waals surface area contributed by atoms with E-state index in [1.54, 1.807) is 47.6 Å². The van der Waals surface area contributed by atoms with E-state index in [0.29, 0.717) is 11.4 Å². The smallest absolute Gasteiger partial charge is 0.412 e. The van der Waals surface area contributed by atoms with E-state index in [-0.39, 0.29) is 0 Å². The van der Waals surface area contributed by atoms with Crippen molar-refractivity contribution in [3.8, 4) is 0 Å². The van der Waals surface area contributed by atoms with Crippen molar-refractivity contribution in [2.24, 2.45) is 0 Å². The zero-order valence-corrected chi connectivity index (χ0v) is 17.0. The molecular weight excluding hydrogens is 344 g/mol. The summed E-state index contributed by atoms with van der Waals surface area (Å²) in [5.74, 6) is 0. The van der Waals surface area contributed by atoms with Gasteiger partial charge in [0.1, 0.15) is 11.2 Å². The first kappa shape index (κ1) is 20.6. The molecule has 2 aromatic carbocycles. The summed E-state index contributed by atoms with van der Waals surface area (Å²) >= 11 is 0. The second-order valence-corrected chi connectivity index (χ2v) is 8.47. The minimum absolute atomic E-state index is 0.437. The lowest BCUT2D eigenvalue weighted by atomic mass is 10.0. The molecule has 0 spiro atoms. The maximum atomic E-state index is 12.3. The molecule has 0 aliphatic rings. The van der Waals surface area contributed by atoms with Crippen LogP contribution >= 0.6 is 0 Å². The molecule has 2 rings (SSSR count). The normalized spacial score (nSPS) is 11.8. The number of rotatable bonds is 2. The van der Waals surface area contributed by atoms with E-state index in [4.69, 9.17) is 9.47 Å². The Kier molecular flexibility index (Phi) is 5.68. The Morgan fingerprint density at radius 3 is 1.93 bits per heavy atom. The number of carbonyl (C=O) groups excluding carboxylic acids is 2. The molecule has 6 nitrogen and oxygen atoms in total. The van der Waals surface area contributed by atoms with E-state index in [2.05, 4.69) is 10.6 Å². The Hall–Kier alpha value is -2.76. The van der Waals surface area contributed by atoms with Crippen LogP contribution in [-0.2, 0) is 9.47 Å². The Bertz CT molecular complexity index is 861. The van der Waals surface area contributed by atoms with Gasteiger partial charge in [0, 0.05) is 5.39 Å². The summed E-state index contributed by atoms with van der Waals surface area (Å²) in [6, 6.07) is 9.47. The standard InChI is InChI=1S/C21H28N2O4/c1-13-8-10-15-14(12-13)9-11-16(22-18(24)26-20(2,3)4)17(15)23-19(25)27-21(5,6)7/h8-12H,1-7H3,(H,22,24)(H,23,25). The van der Waals surface area contributed by atoms with Crippen LogP contribution in [0.15, 0.2) is 30.3 Å². The molecule has 0 aromatic heterocycles. The zero-order valence-electron chi connectivity index (χ0n) is 17.0. The molecule has 0 saturated heterocycles. The van der Waals surface area contributed by atoms with Crippen LogP contribution in [-0.4, -0.2) is 23.4 Å². The molecule has 0 fully saturated rings. The number of carbonyl (C=O) groups is 2. The van der Waals surface area contributed by atoms with Gasteiger partial charge in [0.05, 0.1) is 11.4 Å². The predicted octanol–water partition coefficient (Wildman–Crippen LogP) is 5.84. The highest BCUT2D eigenvalue weighted by Crippen LogP contribution is 2.33. The van der Waals surface area contributed by atoms with Crippen molar-refractivity contribution in [1.29, 1.82) is 0 Å². The first-order valence-corrected chi connectivity index (χ1v) is 8.87. The lowest BCUT2D eigenvalue weighted by molar-refractivity contribution is 0.0621. The van der Waals surface area contributed by atoms with E-state index < -0.39 is 23.4 Å². The highest BCUT2D eigenvalue weighted by molar-refractivity contribution is 6.08. The van der Waals surface area contributed by atoms with Gasteiger partial charge in [-0.15, -0.1) is 0 Å². The average Bonchev–Trinajstić information content (AvgIpc) is 2.45. The minimum Gasteiger partial charge on any atom is -0.444 e. The summed E-state index contributed by atoms with van der Waals surface area (Å²) in [6.45, 7) is 12.7. The van der Waals surface area contributed by atoms with E-state index >= 15 is 0 Å². The van der Waals surface area contributed by atoms with Crippen LogP contribution in [0.2, 0.25) is 0 Å². The molecule has 2 amide bonds. The van der Waals surface area contributed by atoms with Gasteiger partial charge in [-0.1, -0.05) is 29.8 Å². The average molecular weight is 372 g/mol. The molecule has 27 heavy (non-hydrogen) atoms. The van der Waals surface area contributed by atoms with Crippen molar-refractivity contribution in [2.75, 3.05) is 10.6 Å². The number of amides is 2. The summed E-state index contributed by atoms with van der Waals surface area (Å²) in [5.41, 5.74) is 0.735. The van der Waals surface area contributed by atoms with Crippen LogP contribution in [0.4, 0.5) is 21.0 Å². The first-order valence-electron chi connectivity index (χ1n) is 8.87. The van der Waals surface area contributed by atoms with Crippen molar-refractivity contribution in [1.82, 2.24) is 0 Å². The Morgan fingerprint density at radius 1 is 0.815 bits per heavy atom. The van der Waals surface area contributed by atoms with Crippen molar-refractivity contribution in [3.63, 3.8) is 0 Å². The maximum absolute atomic E-state index is 12.3. The number of nitrogens with one attached hydrogen (secondary N) is 2. The van der Waals surface area contributed by atoms with Crippen molar-refractivity contribution < 1.29 is 19.1 Å². The fourth-order valence-corrected chi connectivity index (χ4v) is 2.51. The molecule has 0 aliphatic carbocycles. The Labute approximate surface area is 160 Å². The number of fused-ring (bicyclic) bond motifs is 1. The van der Waals surface area contributed by atoms with Crippen LogP contribution in [0.1, 0.15) is 47.1 Å². The topological polar surface area (TPSA) is 76.7 Å². The van der Waals surface area contributed by atoms with Gasteiger partial charge in [0.15, 0.2) is 0 Å². The number of hydrogen-bond acceptors (Lipinski definition) is 4. The number of ether oxygens (including phenoxy) is 2. The Morgan fingerprint density at radius 2 is 1.37 bits per heavy atom. The number of anilines is 2. The molecule has 0 aliphatic heterocycles. The van der Waals surface area contributed by atoms with Gasteiger partial charge in [-0.3, -0.25) is 10.6 Å². The van der Waals surface area contributed by atoms with E-state index in [1.165, 1.54) is 0 Å². The fourth-order valence-electron chi connectivity index (χ4n) is 2.51. The predicted molar refractivity (Wildman–Crippen MR) is 108 cm³/mol. The van der Waals surface area contributed by atoms with E-state index in [1.807, 2.05) is 31.2 Å². The van der Waals surface area contributed by atoms with E-state index in [0.717, 1.165) is 16.3 Å². The molecule has 0 bridgehead atoms. The number of aryl methyl sites for hydroxylation is 1. The Balaban J connectivity index is 2.42. The molecular formula is C21H28N2O4. The minimum atomic E-state index is -0.635. The summed E-state index contributed by atoms with van der Waals surface area (Å²) in [4.78, 5) is 24.5. The monoisotopic (exact) mass is 372 g/mol. The molecule has 0 atom stereocenters. The van der Waals surface area contributed by atoms with Crippen LogP contribution < -0.4 is 10.6 Å². The third kappa shape index (κ3) is 6.16. The molecule has 146 valence electrons. The van der Waals surface area contributed by atoms with E-state index in [9.17, 15) is 9.59 Å². The van der Waals surface area contributed by atoms with Crippen molar-refractivity contribution in [2.45, 2.75) is 59.7 Å². The second-order valence-electron chi connectivity index (χ2n) is 8.47. The maximum Gasteiger partial charge on any atom is 0.412 e. The van der Waals surface area contributed by atoms with Gasteiger partial charge in [-0.2, -0.15) is 0 Å².